The average Bonchev–Trinajstić information content (AvgIpc) is 2.16. The van der Waals surface area contributed by atoms with Crippen LogP contribution in [0.25, 0.3) is 0 Å². The minimum Gasteiger partial charge on any atom is -0.370 e. The Labute approximate surface area is 90.4 Å². The van der Waals surface area contributed by atoms with Crippen molar-refractivity contribution < 1.29 is 0 Å². The summed E-state index contributed by atoms with van der Waals surface area (Å²) >= 11 is 5.58. The monoisotopic (exact) mass is 215 g/mol. The molecule has 0 heterocycles. The topological polar surface area (TPSA) is 50.4 Å². The van der Waals surface area contributed by atoms with E-state index in [0.717, 1.165) is 0 Å². The van der Waals surface area contributed by atoms with Gasteiger partial charge in [-0.15, -0.1) is 0 Å². The van der Waals surface area contributed by atoms with Gasteiger partial charge in [0, 0.05) is 11.1 Å². The summed E-state index contributed by atoms with van der Waals surface area (Å²) in [6.07, 6.45) is 6.30. The Hall–Kier alpha value is -0.700. The maximum atomic E-state index is 5.69. The summed E-state index contributed by atoms with van der Waals surface area (Å²) in [5, 5.41) is 3.71. The van der Waals surface area contributed by atoms with Crippen LogP contribution in [-0.4, -0.2) is 18.5 Å². The van der Waals surface area contributed by atoms with Crippen LogP contribution in [0.3, 0.4) is 0 Å². The van der Waals surface area contributed by atoms with Crippen LogP contribution in [0.15, 0.2) is 16.6 Å². The highest BCUT2D eigenvalue weighted by Crippen LogP contribution is 2.16. The number of nitrogens with zero attached hydrogens (tertiary/aromatic N) is 1. The van der Waals surface area contributed by atoms with Crippen molar-refractivity contribution in [1.82, 2.24) is 5.32 Å². The van der Waals surface area contributed by atoms with Gasteiger partial charge in [-0.3, -0.25) is 0 Å². The maximum absolute atomic E-state index is 5.69. The van der Waals surface area contributed by atoms with Gasteiger partial charge in [-0.25, -0.2) is 4.99 Å². The second-order valence-electron chi connectivity index (χ2n) is 3.70. The van der Waals surface area contributed by atoms with Crippen molar-refractivity contribution in [2.24, 2.45) is 10.7 Å². The van der Waals surface area contributed by atoms with Crippen molar-refractivity contribution in [1.29, 1.82) is 0 Å². The van der Waals surface area contributed by atoms with Crippen LogP contribution >= 0.6 is 11.6 Å². The van der Waals surface area contributed by atoms with Gasteiger partial charge in [-0.1, -0.05) is 37.4 Å². The zero-order valence-corrected chi connectivity index (χ0v) is 9.19. The fourth-order valence-corrected chi connectivity index (χ4v) is 1.73. The third-order valence-electron chi connectivity index (χ3n) is 2.38. The highest BCUT2D eigenvalue weighted by molar-refractivity contribution is 6.29. The standard InChI is InChI=1S/C10H18ClN3/c1-8(11)7-13-10(12)14-9-5-3-2-4-6-9/h9H,1-7H2,(H3,12,13,14). The zero-order valence-electron chi connectivity index (χ0n) is 8.43. The van der Waals surface area contributed by atoms with Crippen LogP contribution in [-0.2, 0) is 0 Å². The van der Waals surface area contributed by atoms with Crippen LogP contribution in [0.5, 0.6) is 0 Å². The molecule has 0 aromatic heterocycles. The first kappa shape index (κ1) is 11.4. The Bertz CT molecular complexity index is 219. The molecule has 1 aliphatic rings. The number of rotatable bonds is 3. The van der Waals surface area contributed by atoms with Crippen LogP contribution in [0, 0.1) is 0 Å². The summed E-state index contributed by atoms with van der Waals surface area (Å²) < 4.78 is 0. The molecule has 0 aliphatic heterocycles. The number of halogens is 1. The van der Waals surface area contributed by atoms with Gasteiger partial charge in [-0.2, -0.15) is 0 Å². The molecule has 80 valence electrons. The summed E-state index contributed by atoms with van der Waals surface area (Å²) in [6, 6.07) is 0.496. The molecule has 0 spiro atoms. The number of hydrogen-bond acceptors (Lipinski definition) is 1. The molecule has 0 saturated heterocycles. The minimum atomic E-state index is 0.396. The van der Waals surface area contributed by atoms with E-state index in [2.05, 4.69) is 16.9 Å². The highest BCUT2D eigenvalue weighted by Gasteiger charge is 2.12. The van der Waals surface area contributed by atoms with Crippen molar-refractivity contribution >= 4 is 17.6 Å². The summed E-state index contributed by atoms with van der Waals surface area (Å²) in [5.41, 5.74) is 5.69. The molecule has 0 amide bonds. The maximum Gasteiger partial charge on any atom is 0.189 e. The van der Waals surface area contributed by atoms with Crippen molar-refractivity contribution in [3.8, 4) is 0 Å². The first-order valence-electron chi connectivity index (χ1n) is 5.08. The van der Waals surface area contributed by atoms with Gasteiger partial charge in [0.05, 0.1) is 6.54 Å². The van der Waals surface area contributed by atoms with Crippen LogP contribution in [0.2, 0.25) is 0 Å². The Morgan fingerprint density at radius 2 is 2.07 bits per heavy atom. The first-order valence-corrected chi connectivity index (χ1v) is 5.46. The predicted octanol–water partition coefficient (Wildman–Crippen LogP) is 1.98. The molecule has 3 nitrogen and oxygen atoms in total. The van der Waals surface area contributed by atoms with Crippen LogP contribution in [0.4, 0.5) is 0 Å². The fourth-order valence-electron chi connectivity index (χ4n) is 1.67. The molecule has 14 heavy (non-hydrogen) atoms. The SMILES string of the molecule is C=C(Cl)CN=C(N)NC1CCCCC1. The zero-order chi connectivity index (χ0) is 10.4. The second-order valence-corrected chi connectivity index (χ2v) is 4.23. The van der Waals surface area contributed by atoms with E-state index in [9.17, 15) is 0 Å². The molecule has 3 N–H and O–H groups in total. The fraction of sp³-hybridized carbons (Fsp3) is 0.700. The van der Waals surface area contributed by atoms with E-state index in [1.54, 1.807) is 0 Å². The predicted molar refractivity (Wildman–Crippen MR) is 61.5 cm³/mol. The molecule has 0 bridgehead atoms. The van der Waals surface area contributed by atoms with E-state index in [4.69, 9.17) is 17.3 Å². The third kappa shape index (κ3) is 4.51. The lowest BCUT2D eigenvalue weighted by molar-refractivity contribution is 0.412. The van der Waals surface area contributed by atoms with Gasteiger partial charge in [0.25, 0.3) is 0 Å². The lowest BCUT2D eigenvalue weighted by Gasteiger charge is -2.23. The highest BCUT2D eigenvalue weighted by atomic mass is 35.5. The van der Waals surface area contributed by atoms with E-state index < -0.39 is 0 Å². The Balaban J connectivity index is 2.27. The average molecular weight is 216 g/mol. The van der Waals surface area contributed by atoms with Crippen LogP contribution in [0.1, 0.15) is 32.1 Å². The molecule has 0 radical (unpaired) electrons. The van der Waals surface area contributed by atoms with Gasteiger partial charge >= 0.3 is 0 Å². The molecule has 1 saturated carbocycles. The van der Waals surface area contributed by atoms with E-state index in [-0.39, 0.29) is 0 Å². The Morgan fingerprint density at radius 1 is 1.43 bits per heavy atom. The normalized spacial score (nSPS) is 19.4. The largest absolute Gasteiger partial charge is 0.370 e. The van der Waals surface area contributed by atoms with Gasteiger partial charge in [0.1, 0.15) is 0 Å². The number of aliphatic imine (C=N–C) groups is 1. The Kier molecular flexibility index (Phi) is 4.80. The smallest absolute Gasteiger partial charge is 0.189 e. The molecule has 4 heteroatoms. The first-order chi connectivity index (χ1) is 6.68. The van der Waals surface area contributed by atoms with Gasteiger partial charge < -0.3 is 11.1 Å². The van der Waals surface area contributed by atoms with Crippen molar-refractivity contribution in [3.63, 3.8) is 0 Å². The van der Waals surface area contributed by atoms with Crippen LogP contribution < -0.4 is 11.1 Å². The minimum absolute atomic E-state index is 0.396. The number of nitrogens with two attached hydrogens (primary N) is 1. The van der Waals surface area contributed by atoms with Gasteiger partial charge in [0.2, 0.25) is 0 Å². The Morgan fingerprint density at radius 3 is 2.64 bits per heavy atom. The van der Waals surface area contributed by atoms with E-state index in [1.165, 1.54) is 32.1 Å². The summed E-state index contributed by atoms with van der Waals surface area (Å²) in [5.74, 6) is 0.485. The summed E-state index contributed by atoms with van der Waals surface area (Å²) in [6.45, 7) is 3.94. The lowest BCUT2D eigenvalue weighted by Crippen LogP contribution is -2.41. The quantitative estimate of drug-likeness (QED) is 0.559. The molecule has 0 aromatic rings. The lowest BCUT2D eigenvalue weighted by atomic mass is 9.96. The molecule has 0 aromatic carbocycles. The summed E-state index contributed by atoms with van der Waals surface area (Å²) in [7, 11) is 0. The molecule has 1 rings (SSSR count). The van der Waals surface area contributed by atoms with Gasteiger partial charge in [0.15, 0.2) is 5.96 Å². The molecular weight excluding hydrogens is 198 g/mol. The molecule has 1 fully saturated rings. The van der Waals surface area contributed by atoms with Crippen molar-refractivity contribution in [2.75, 3.05) is 6.54 Å². The van der Waals surface area contributed by atoms with Gasteiger partial charge in [-0.05, 0) is 12.8 Å². The molecule has 1 aliphatic carbocycles. The second kappa shape index (κ2) is 5.91. The number of guanidine groups is 1. The van der Waals surface area contributed by atoms with Crippen molar-refractivity contribution in [3.05, 3.63) is 11.6 Å². The summed E-state index contributed by atoms with van der Waals surface area (Å²) in [4.78, 5) is 4.07. The van der Waals surface area contributed by atoms with E-state index >= 15 is 0 Å². The van der Waals surface area contributed by atoms with Crippen molar-refractivity contribution in [2.45, 2.75) is 38.1 Å². The number of nitrogens with one attached hydrogen (secondary N) is 1. The molecule has 0 atom stereocenters. The molecular formula is C10H18ClN3. The van der Waals surface area contributed by atoms with E-state index in [0.29, 0.717) is 23.6 Å². The number of hydrogen-bond donors (Lipinski definition) is 2. The molecule has 0 unspecified atom stereocenters. The van der Waals surface area contributed by atoms with E-state index in [1.807, 2.05) is 0 Å². The third-order valence-corrected chi connectivity index (χ3v) is 2.50.